The second-order valence-corrected chi connectivity index (χ2v) is 3.75. The highest BCUT2D eigenvalue weighted by Gasteiger charge is 2.21. The number of hydrogen-bond acceptors (Lipinski definition) is 2. The quantitative estimate of drug-likeness (QED) is 0.435. The van der Waals surface area contributed by atoms with Gasteiger partial charge < -0.3 is 0 Å². The Labute approximate surface area is 77.0 Å². The maximum atomic E-state index is 10.8. The monoisotopic (exact) mass is 200 g/mol. The molecule has 70 valence electrons. The van der Waals surface area contributed by atoms with Gasteiger partial charge in [-0.15, -0.1) is 15.0 Å². The molecule has 1 heterocycles. The highest BCUT2D eigenvalue weighted by atomic mass is 32.2. The Morgan fingerprint density at radius 3 is 2.77 bits per heavy atom. The third-order valence-electron chi connectivity index (χ3n) is 1.51. The van der Waals surface area contributed by atoms with Crippen LogP contribution in [0.25, 0.3) is 0 Å². The molecule has 0 aliphatic rings. The zero-order chi connectivity index (χ0) is 9.90. The van der Waals surface area contributed by atoms with Crippen LogP contribution in [0.3, 0.4) is 0 Å². The van der Waals surface area contributed by atoms with Crippen molar-refractivity contribution < 1.29 is 16.9 Å². The molecule has 0 unspecified atom stereocenters. The summed E-state index contributed by atoms with van der Waals surface area (Å²) < 4.78 is 31.2. The fourth-order valence-corrected chi connectivity index (χ4v) is 1.65. The Kier molecular flexibility index (Phi) is 2.79. The molecule has 1 aromatic rings. The van der Waals surface area contributed by atoms with Crippen LogP contribution in [0.1, 0.15) is 5.69 Å². The highest BCUT2D eigenvalue weighted by Crippen LogP contribution is 1.94. The van der Waals surface area contributed by atoms with Crippen LogP contribution >= 0.6 is 0 Å². The largest absolute Gasteiger partial charge is 0.511 e. The van der Waals surface area contributed by atoms with E-state index < -0.39 is 10.3 Å². The van der Waals surface area contributed by atoms with Crippen LogP contribution in [0.15, 0.2) is 37.1 Å². The topological polar surface area (TPSA) is 58.2 Å². The molecule has 1 aromatic heterocycles. The van der Waals surface area contributed by atoms with Crippen LogP contribution in [0.5, 0.6) is 0 Å². The minimum atomic E-state index is -4.19. The molecule has 0 aromatic carbocycles. The molecular formula is C8H10NO3S+. The van der Waals surface area contributed by atoms with Crippen LogP contribution in [0.4, 0.5) is 0 Å². The number of nitrogens with zero attached hydrogens (tertiary/aromatic N) is 1. The van der Waals surface area contributed by atoms with E-state index in [1.165, 1.54) is 12.3 Å². The zero-order valence-electron chi connectivity index (χ0n) is 6.92. The van der Waals surface area contributed by atoms with E-state index >= 15 is 0 Å². The van der Waals surface area contributed by atoms with Crippen LogP contribution in [-0.4, -0.2) is 13.0 Å². The van der Waals surface area contributed by atoms with Crippen LogP contribution in [-0.2, 0) is 16.7 Å². The van der Waals surface area contributed by atoms with E-state index in [2.05, 4.69) is 6.58 Å². The van der Waals surface area contributed by atoms with Gasteiger partial charge in [0.05, 0.1) is 6.42 Å². The van der Waals surface area contributed by atoms with E-state index in [9.17, 15) is 8.42 Å². The molecule has 0 saturated heterocycles. The molecule has 0 spiro atoms. The second-order valence-electron chi connectivity index (χ2n) is 2.46. The van der Waals surface area contributed by atoms with Crippen molar-refractivity contribution in [3.05, 3.63) is 42.7 Å². The first-order chi connectivity index (χ1) is 6.05. The summed E-state index contributed by atoms with van der Waals surface area (Å²) in [6.07, 6.45) is 3.24. The summed E-state index contributed by atoms with van der Waals surface area (Å²) in [5, 5.41) is 0. The van der Waals surface area contributed by atoms with Gasteiger partial charge in [-0.3, -0.25) is 0 Å². The van der Waals surface area contributed by atoms with E-state index in [0.717, 1.165) is 3.97 Å². The van der Waals surface area contributed by atoms with Crippen molar-refractivity contribution in [2.45, 2.75) is 6.42 Å². The minimum Gasteiger partial charge on any atom is -0.233 e. The van der Waals surface area contributed by atoms with Gasteiger partial charge >= 0.3 is 10.3 Å². The van der Waals surface area contributed by atoms with Gasteiger partial charge in [0.15, 0.2) is 6.20 Å². The lowest BCUT2D eigenvalue weighted by atomic mass is 10.3. The van der Waals surface area contributed by atoms with Gasteiger partial charge in [-0.2, -0.15) is 0 Å². The van der Waals surface area contributed by atoms with Gasteiger partial charge in [-0.1, -0.05) is 16.1 Å². The molecule has 0 aliphatic heterocycles. The zero-order valence-corrected chi connectivity index (χ0v) is 7.74. The lowest BCUT2D eigenvalue weighted by Crippen LogP contribution is -2.45. The summed E-state index contributed by atoms with van der Waals surface area (Å²) in [5.74, 6) is 0. The predicted molar refractivity (Wildman–Crippen MR) is 47.5 cm³/mol. The smallest absolute Gasteiger partial charge is 0.233 e. The van der Waals surface area contributed by atoms with Crippen LogP contribution < -0.4 is 3.97 Å². The molecule has 0 bridgehead atoms. The summed E-state index contributed by atoms with van der Waals surface area (Å²) in [4.78, 5) is 0. The van der Waals surface area contributed by atoms with Crippen LogP contribution in [0, 0.1) is 0 Å². The molecule has 0 aliphatic carbocycles. The molecule has 0 radical (unpaired) electrons. The third kappa shape index (κ3) is 2.37. The van der Waals surface area contributed by atoms with Crippen molar-refractivity contribution in [3.8, 4) is 0 Å². The first-order valence-electron chi connectivity index (χ1n) is 3.64. The van der Waals surface area contributed by atoms with Crippen LogP contribution in [0.2, 0.25) is 0 Å². The highest BCUT2D eigenvalue weighted by molar-refractivity contribution is 7.79. The van der Waals surface area contributed by atoms with Gasteiger partial charge in [0, 0.05) is 12.1 Å². The molecule has 4 nitrogen and oxygen atoms in total. The molecule has 5 heteroatoms. The molecule has 0 saturated carbocycles. The Morgan fingerprint density at radius 2 is 2.23 bits per heavy atom. The fraction of sp³-hybridized carbons (Fsp3) is 0.125. The van der Waals surface area contributed by atoms with E-state index in [0.29, 0.717) is 12.1 Å². The Morgan fingerprint density at radius 1 is 1.54 bits per heavy atom. The molecule has 0 atom stereocenters. The fourth-order valence-electron chi connectivity index (χ4n) is 0.995. The summed E-state index contributed by atoms with van der Waals surface area (Å²) in [5.41, 5.74) is 0.472. The summed E-state index contributed by atoms with van der Waals surface area (Å²) in [7, 11) is -4.19. The molecule has 1 rings (SSSR count). The van der Waals surface area contributed by atoms with E-state index in [-0.39, 0.29) is 0 Å². The second kappa shape index (κ2) is 3.68. The molecule has 13 heavy (non-hydrogen) atoms. The SMILES string of the molecule is C=CCc1cccc[n+]1S(=O)(=O)O. The van der Waals surface area contributed by atoms with E-state index in [1.54, 1.807) is 18.2 Å². The Bertz CT molecular complexity index is 411. The summed E-state index contributed by atoms with van der Waals surface area (Å²) in [6, 6.07) is 4.83. The molecule has 0 fully saturated rings. The maximum absolute atomic E-state index is 10.8. The molecule has 1 N–H and O–H groups in total. The van der Waals surface area contributed by atoms with Crippen molar-refractivity contribution in [2.75, 3.05) is 0 Å². The van der Waals surface area contributed by atoms with E-state index in [4.69, 9.17) is 4.55 Å². The number of rotatable bonds is 3. The Balaban J connectivity index is 3.28. The van der Waals surface area contributed by atoms with Crippen molar-refractivity contribution in [3.63, 3.8) is 0 Å². The third-order valence-corrected chi connectivity index (χ3v) is 2.36. The average Bonchev–Trinajstić information content (AvgIpc) is 2.04. The lowest BCUT2D eigenvalue weighted by Gasteiger charge is -1.95. The first-order valence-corrected chi connectivity index (χ1v) is 5.04. The number of hydrogen-bond donors (Lipinski definition) is 1. The van der Waals surface area contributed by atoms with E-state index in [1.807, 2.05) is 0 Å². The predicted octanol–water partition coefficient (Wildman–Crippen LogP) is 0.354. The molecular weight excluding hydrogens is 190 g/mol. The standard InChI is InChI=1S/C8H9NO3S/c1-2-5-8-6-3-4-7-9(8)13(10,11)12/h2-4,6-7H,1,5H2/p+1. The van der Waals surface area contributed by atoms with Gasteiger partial charge in [0.1, 0.15) is 0 Å². The summed E-state index contributed by atoms with van der Waals surface area (Å²) >= 11 is 0. The first kappa shape index (κ1) is 9.88. The Hall–Kier alpha value is -1.20. The van der Waals surface area contributed by atoms with Gasteiger partial charge in [-0.25, -0.2) is 4.55 Å². The number of aromatic nitrogens is 1. The van der Waals surface area contributed by atoms with Crippen molar-refractivity contribution >= 4 is 10.3 Å². The van der Waals surface area contributed by atoms with Crippen molar-refractivity contribution in [1.29, 1.82) is 0 Å². The van der Waals surface area contributed by atoms with Gasteiger partial charge in [0.25, 0.3) is 0 Å². The lowest BCUT2D eigenvalue weighted by molar-refractivity contribution is -0.528. The van der Waals surface area contributed by atoms with Gasteiger partial charge in [-0.05, 0) is 0 Å². The number of allylic oxidation sites excluding steroid dienone is 1. The normalized spacial score (nSPS) is 11.2. The maximum Gasteiger partial charge on any atom is 0.511 e. The van der Waals surface area contributed by atoms with Gasteiger partial charge in [0.2, 0.25) is 5.69 Å². The molecule has 0 amide bonds. The van der Waals surface area contributed by atoms with Crippen molar-refractivity contribution in [2.24, 2.45) is 0 Å². The van der Waals surface area contributed by atoms with Crippen molar-refractivity contribution in [1.82, 2.24) is 0 Å². The summed E-state index contributed by atoms with van der Waals surface area (Å²) in [6.45, 7) is 3.49. The number of pyridine rings is 1. The average molecular weight is 200 g/mol. The minimum absolute atomic E-state index is 0.390.